The van der Waals surface area contributed by atoms with Gasteiger partial charge in [-0.1, -0.05) is 24.3 Å². The molecule has 2 rings (SSSR count). The second kappa shape index (κ2) is 4.77. The Hall–Kier alpha value is -1.87. The maximum absolute atomic E-state index is 8.70. The van der Waals surface area contributed by atoms with Crippen LogP contribution in [0.25, 0.3) is 17.5 Å². The number of hydrogen-bond donors (Lipinski definition) is 1. The van der Waals surface area contributed by atoms with Crippen molar-refractivity contribution < 1.29 is 9.52 Å². The molecular formula is C13H13NO2. The van der Waals surface area contributed by atoms with Crippen molar-refractivity contribution in [2.45, 2.75) is 6.92 Å². The molecule has 0 spiro atoms. The van der Waals surface area contributed by atoms with Crippen LogP contribution in [0.1, 0.15) is 11.5 Å². The SMILES string of the molecule is Cc1oc(-c2ccccc2)nc1C=CCO. The number of aryl methyl sites for hydroxylation is 1. The summed E-state index contributed by atoms with van der Waals surface area (Å²) < 4.78 is 5.55. The molecule has 1 aromatic carbocycles. The summed E-state index contributed by atoms with van der Waals surface area (Å²) in [5, 5.41) is 8.70. The zero-order chi connectivity index (χ0) is 11.4. The first-order valence-electron chi connectivity index (χ1n) is 5.11. The largest absolute Gasteiger partial charge is 0.441 e. The molecule has 0 amide bonds. The number of benzene rings is 1. The highest BCUT2D eigenvalue weighted by Crippen LogP contribution is 2.21. The third-order valence-electron chi connectivity index (χ3n) is 2.23. The predicted molar refractivity (Wildman–Crippen MR) is 62.8 cm³/mol. The maximum Gasteiger partial charge on any atom is 0.226 e. The van der Waals surface area contributed by atoms with Crippen molar-refractivity contribution in [2.24, 2.45) is 0 Å². The van der Waals surface area contributed by atoms with Crippen molar-refractivity contribution in [1.29, 1.82) is 0 Å². The molecule has 0 bridgehead atoms. The normalized spacial score (nSPS) is 11.1. The molecule has 0 atom stereocenters. The minimum absolute atomic E-state index is 0.00691. The number of rotatable bonds is 3. The van der Waals surface area contributed by atoms with Crippen LogP contribution < -0.4 is 0 Å². The Kier molecular flexibility index (Phi) is 3.17. The maximum atomic E-state index is 8.70. The van der Waals surface area contributed by atoms with Gasteiger partial charge in [0.15, 0.2) is 0 Å². The predicted octanol–water partition coefficient (Wildman–Crippen LogP) is 2.66. The summed E-state index contributed by atoms with van der Waals surface area (Å²) in [6.45, 7) is 1.86. The fraction of sp³-hybridized carbons (Fsp3) is 0.154. The summed E-state index contributed by atoms with van der Waals surface area (Å²) in [5.41, 5.74) is 1.71. The second-order valence-electron chi connectivity index (χ2n) is 3.41. The zero-order valence-corrected chi connectivity index (χ0v) is 9.05. The molecule has 0 aliphatic carbocycles. The lowest BCUT2D eigenvalue weighted by Gasteiger charge is -1.91. The number of aromatic nitrogens is 1. The highest BCUT2D eigenvalue weighted by molar-refractivity contribution is 5.57. The summed E-state index contributed by atoms with van der Waals surface area (Å²) in [6, 6.07) is 9.73. The molecule has 16 heavy (non-hydrogen) atoms. The lowest BCUT2D eigenvalue weighted by Crippen LogP contribution is -1.78. The highest BCUT2D eigenvalue weighted by Gasteiger charge is 2.08. The average Bonchev–Trinajstić information content (AvgIpc) is 2.69. The number of hydrogen-bond acceptors (Lipinski definition) is 3. The van der Waals surface area contributed by atoms with Crippen LogP contribution in [-0.4, -0.2) is 16.7 Å². The minimum Gasteiger partial charge on any atom is -0.441 e. The van der Waals surface area contributed by atoms with E-state index in [1.165, 1.54) is 0 Å². The topological polar surface area (TPSA) is 46.3 Å². The van der Waals surface area contributed by atoms with Crippen molar-refractivity contribution in [3.63, 3.8) is 0 Å². The first-order chi connectivity index (χ1) is 7.81. The van der Waals surface area contributed by atoms with Crippen LogP contribution in [0, 0.1) is 6.92 Å². The van der Waals surface area contributed by atoms with E-state index in [1.807, 2.05) is 37.3 Å². The van der Waals surface area contributed by atoms with Crippen molar-refractivity contribution in [3.05, 3.63) is 47.9 Å². The molecule has 1 N–H and O–H groups in total. The van der Waals surface area contributed by atoms with Gasteiger partial charge in [-0.25, -0.2) is 4.98 Å². The third-order valence-corrected chi connectivity index (χ3v) is 2.23. The lowest BCUT2D eigenvalue weighted by molar-refractivity contribution is 0.343. The molecule has 1 heterocycles. The molecule has 0 saturated carbocycles. The van der Waals surface area contributed by atoms with E-state index < -0.39 is 0 Å². The second-order valence-corrected chi connectivity index (χ2v) is 3.41. The van der Waals surface area contributed by atoms with E-state index in [-0.39, 0.29) is 6.61 Å². The van der Waals surface area contributed by atoms with Gasteiger partial charge in [-0.05, 0) is 25.1 Å². The smallest absolute Gasteiger partial charge is 0.226 e. The molecular weight excluding hydrogens is 202 g/mol. The fourth-order valence-electron chi connectivity index (χ4n) is 1.43. The summed E-state index contributed by atoms with van der Waals surface area (Å²) in [4.78, 5) is 4.35. The fourth-order valence-corrected chi connectivity index (χ4v) is 1.43. The molecule has 0 saturated heterocycles. The average molecular weight is 215 g/mol. The van der Waals surface area contributed by atoms with Crippen molar-refractivity contribution in [2.75, 3.05) is 6.61 Å². The molecule has 0 aliphatic rings. The highest BCUT2D eigenvalue weighted by atomic mass is 16.4. The van der Waals surface area contributed by atoms with Crippen LogP contribution in [0.3, 0.4) is 0 Å². The van der Waals surface area contributed by atoms with Gasteiger partial charge in [0.05, 0.1) is 6.61 Å². The van der Waals surface area contributed by atoms with Crippen LogP contribution >= 0.6 is 0 Å². The van der Waals surface area contributed by atoms with E-state index >= 15 is 0 Å². The molecule has 0 aliphatic heterocycles. The Morgan fingerprint density at radius 1 is 1.31 bits per heavy atom. The van der Waals surface area contributed by atoms with Crippen molar-refractivity contribution >= 4 is 6.08 Å². The summed E-state index contributed by atoms with van der Waals surface area (Å²) in [6.07, 6.45) is 3.39. The zero-order valence-electron chi connectivity index (χ0n) is 9.05. The Morgan fingerprint density at radius 2 is 2.06 bits per heavy atom. The van der Waals surface area contributed by atoms with Crippen LogP contribution in [0.5, 0.6) is 0 Å². The van der Waals surface area contributed by atoms with Crippen LogP contribution in [-0.2, 0) is 0 Å². The molecule has 3 heteroatoms. The molecule has 3 nitrogen and oxygen atoms in total. The van der Waals surface area contributed by atoms with Gasteiger partial charge in [0.1, 0.15) is 11.5 Å². The van der Waals surface area contributed by atoms with Crippen molar-refractivity contribution in [3.8, 4) is 11.5 Å². The molecule has 2 aromatic rings. The summed E-state index contributed by atoms with van der Waals surface area (Å²) >= 11 is 0. The Morgan fingerprint density at radius 3 is 2.75 bits per heavy atom. The van der Waals surface area contributed by atoms with Gasteiger partial charge < -0.3 is 9.52 Å². The van der Waals surface area contributed by atoms with Crippen LogP contribution in [0.15, 0.2) is 40.8 Å². The molecule has 0 radical (unpaired) electrons. The monoisotopic (exact) mass is 215 g/mol. The van der Waals surface area contributed by atoms with Gasteiger partial charge in [-0.15, -0.1) is 0 Å². The molecule has 0 fully saturated rings. The summed E-state index contributed by atoms with van der Waals surface area (Å²) in [5.74, 6) is 1.36. The van der Waals surface area contributed by atoms with Crippen LogP contribution in [0.4, 0.5) is 0 Å². The number of aliphatic hydroxyl groups is 1. The Labute approximate surface area is 94.1 Å². The van der Waals surface area contributed by atoms with E-state index in [1.54, 1.807) is 12.2 Å². The first kappa shape index (κ1) is 10.6. The van der Waals surface area contributed by atoms with E-state index in [4.69, 9.17) is 9.52 Å². The number of nitrogens with zero attached hydrogens (tertiary/aromatic N) is 1. The van der Waals surface area contributed by atoms with Gasteiger partial charge in [0.2, 0.25) is 5.89 Å². The first-order valence-corrected chi connectivity index (χ1v) is 5.11. The Bertz CT molecular complexity index is 486. The third kappa shape index (κ3) is 2.20. The van der Waals surface area contributed by atoms with Gasteiger partial charge in [0.25, 0.3) is 0 Å². The minimum atomic E-state index is 0.00691. The van der Waals surface area contributed by atoms with Gasteiger partial charge >= 0.3 is 0 Å². The molecule has 0 unspecified atom stereocenters. The standard InChI is InChI=1S/C13H13NO2/c1-10-12(8-5-9-15)14-13(16-10)11-6-3-2-4-7-11/h2-8,15H,9H2,1H3. The molecule has 1 aromatic heterocycles. The van der Waals surface area contributed by atoms with E-state index in [9.17, 15) is 0 Å². The number of oxazole rings is 1. The van der Waals surface area contributed by atoms with E-state index in [0.717, 1.165) is 17.0 Å². The lowest BCUT2D eigenvalue weighted by atomic mass is 10.2. The van der Waals surface area contributed by atoms with Gasteiger partial charge in [-0.3, -0.25) is 0 Å². The van der Waals surface area contributed by atoms with Gasteiger partial charge in [-0.2, -0.15) is 0 Å². The van der Waals surface area contributed by atoms with E-state index in [2.05, 4.69) is 4.98 Å². The number of aliphatic hydroxyl groups excluding tert-OH is 1. The van der Waals surface area contributed by atoms with Crippen molar-refractivity contribution in [1.82, 2.24) is 4.98 Å². The van der Waals surface area contributed by atoms with Crippen LogP contribution in [0.2, 0.25) is 0 Å². The van der Waals surface area contributed by atoms with Gasteiger partial charge in [0, 0.05) is 5.56 Å². The molecule has 82 valence electrons. The Balaban J connectivity index is 2.35. The quantitative estimate of drug-likeness (QED) is 0.856. The summed E-state index contributed by atoms with van der Waals surface area (Å²) in [7, 11) is 0. The van der Waals surface area contributed by atoms with E-state index in [0.29, 0.717) is 5.89 Å².